The molecule has 2 rings (SSSR count). The molecule has 0 bridgehead atoms. The standard InChI is InChI=1S/C12H16N2O/c1-9(15)14-7-3-4-10-8-11(13-2)5-6-12(10)14/h5-6,8,13H,3-4,7H2,1-2H3. The molecule has 1 aliphatic heterocycles. The predicted molar refractivity (Wildman–Crippen MR) is 62.3 cm³/mol. The van der Waals surface area contributed by atoms with E-state index in [4.69, 9.17) is 0 Å². The molecule has 1 aliphatic rings. The van der Waals surface area contributed by atoms with E-state index in [0.29, 0.717) is 0 Å². The first-order valence-electron chi connectivity index (χ1n) is 5.31. The number of nitrogens with zero attached hydrogens (tertiary/aromatic N) is 1. The van der Waals surface area contributed by atoms with E-state index in [0.717, 1.165) is 30.8 Å². The summed E-state index contributed by atoms with van der Waals surface area (Å²) in [5.74, 6) is 0.133. The SMILES string of the molecule is CNc1ccc2c(c1)CCCN2C(C)=O. The Kier molecular flexibility index (Phi) is 2.62. The number of amides is 1. The Bertz CT molecular complexity index is 387. The lowest BCUT2D eigenvalue weighted by Crippen LogP contribution is -2.33. The number of carbonyl (C=O) groups excluding carboxylic acids is 1. The summed E-state index contributed by atoms with van der Waals surface area (Å²) >= 11 is 0. The van der Waals surface area contributed by atoms with Gasteiger partial charge in [0.15, 0.2) is 0 Å². The fraction of sp³-hybridized carbons (Fsp3) is 0.417. The molecule has 1 aromatic rings. The summed E-state index contributed by atoms with van der Waals surface area (Å²) in [6.07, 6.45) is 2.12. The molecule has 1 N–H and O–H groups in total. The average Bonchev–Trinajstić information content (AvgIpc) is 2.27. The molecular formula is C12H16N2O. The molecule has 1 amide bonds. The van der Waals surface area contributed by atoms with Crippen LogP contribution in [-0.2, 0) is 11.2 Å². The zero-order valence-electron chi connectivity index (χ0n) is 9.21. The lowest BCUT2D eigenvalue weighted by molar-refractivity contribution is -0.116. The van der Waals surface area contributed by atoms with Crippen LogP contribution in [0.5, 0.6) is 0 Å². The fourth-order valence-electron chi connectivity index (χ4n) is 2.08. The summed E-state index contributed by atoms with van der Waals surface area (Å²) in [6.45, 7) is 2.47. The molecule has 0 aromatic heterocycles. The van der Waals surface area contributed by atoms with Crippen LogP contribution in [0.3, 0.4) is 0 Å². The number of anilines is 2. The van der Waals surface area contributed by atoms with Crippen LogP contribution in [0.2, 0.25) is 0 Å². The number of hydrogen-bond donors (Lipinski definition) is 1. The van der Waals surface area contributed by atoms with Crippen molar-refractivity contribution in [3.05, 3.63) is 23.8 Å². The lowest BCUT2D eigenvalue weighted by atomic mass is 10.0. The van der Waals surface area contributed by atoms with E-state index in [1.807, 2.05) is 24.1 Å². The Morgan fingerprint density at radius 3 is 2.93 bits per heavy atom. The molecule has 3 heteroatoms. The van der Waals surface area contributed by atoms with Crippen molar-refractivity contribution in [1.29, 1.82) is 0 Å². The second kappa shape index (κ2) is 3.93. The molecule has 0 saturated carbocycles. The van der Waals surface area contributed by atoms with Gasteiger partial charge >= 0.3 is 0 Å². The van der Waals surface area contributed by atoms with Crippen molar-refractivity contribution in [2.45, 2.75) is 19.8 Å². The maximum absolute atomic E-state index is 11.4. The van der Waals surface area contributed by atoms with Crippen molar-refractivity contribution in [3.63, 3.8) is 0 Å². The second-order valence-electron chi connectivity index (χ2n) is 3.87. The van der Waals surface area contributed by atoms with E-state index in [-0.39, 0.29) is 5.91 Å². The molecule has 1 heterocycles. The third-order valence-electron chi connectivity index (χ3n) is 2.87. The van der Waals surface area contributed by atoms with Crippen molar-refractivity contribution in [2.24, 2.45) is 0 Å². The smallest absolute Gasteiger partial charge is 0.223 e. The van der Waals surface area contributed by atoms with Crippen LogP contribution in [0.4, 0.5) is 11.4 Å². The highest BCUT2D eigenvalue weighted by Gasteiger charge is 2.19. The molecule has 0 radical (unpaired) electrons. The zero-order valence-corrected chi connectivity index (χ0v) is 9.21. The highest BCUT2D eigenvalue weighted by molar-refractivity contribution is 5.93. The van der Waals surface area contributed by atoms with Crippen LogP contribution in [0.15, 0.2) is 18.2 Å². The largest absolute Gasteiger partial charge is 0.388 e. The molecule has 0 fully saturated rings. The minimum atomic E-state index is 0.133. The van der Waals surface area contributed by atoms with E-state index in [1.165, 1.54) is 5.56 Å². The maximum Gasteiger partial charge on any atom is 0.223 e. The van der Waals surface area contributed by atoms with Crippen LogP contribution >= 0.6 is 0 Å². The molecule has 0 unspecified atom stereocenters. The minimum Gasteiger partial charge on any atom is -0.388 e. The van der Waals surface area contributed by atoms with Crippen LogP contribution in [-0.4, -0.2) is 19.5 Å². The monoisotopic (exact) mass is 204 g/mol. The fourth-order valence-corrected chi connectivity index (χ4v) is 2.08. The topological polar surface area (TPSA) is 32.3 Å². The summed E-state index contributed by atoms with van der Waals surface area (Å²) in [4.78, 5) is 13.3. The van der Waals surface area contributed by atoms with Gasteiger partial charge in [-0.15, -0.1) is 0 Å². The normalized spacial score (nSPS) is 14.7. The minimum absolute atomic E-state index is 0.133. The van der Waals surface area contributed by atoms with Gasteiger partial charge in [0.05, 0.1) is 0 Å². The Morgan fingerprint density at radius 1 is 1.47 bits per heavy atom. The van der Waals surface area contributed by atoms with Gasteiger partial charge in [-0.3, -0.25) is 4.79 Å². The number of carbonyl (C=O) groups is 1. The molecular weight excluding hydrogens is 188 g/mol. The van der Waals surface area contributed by atoms with Crippen LogP contribution in [0, 0.1) is 0 Å². The van der Waals surface area contributed by atoms with Gasteiger partial charge in [0, 0.05) is 31.9 Å². The summed E-state index contributed by atoms with van der Waals surface area (Å²) in [7, 11) is 1.91. The van der Waals surface area contributed by atoms with Gasteiger partial charge in [0.25, 0.3) is 0 Å². The number of benzene rings is 1. The van der Waals surface area contributed by atoms with Crippen LogP contribution in [0.25, 0.3) is 0 Å². The summed E-state index contributed by atoms with van der Waals surface area (Å²) < 4.78 is 0. The van der Waals surface area contributed by atoms with Crippen molar-refractivity contribution in [3.8, 4) is 0 Å². The first-order chi connectivity index (χ1) is 7.22. The van der Waals surface area contributed by atoms with E-state index in [9.17, 15) is 4.79 Å². The number of fused-ring (bicyclic) bond motifs is 1. The molecule has 1 aromatic carbocycles. The Morgan fingerprint density at radius 2 is 2.27 bits per heavy atom. The van der Waals surface area contributed by atoms with Gasteiger partial charge in [-0.2, -0.15) is 0 Å². The van der Waals surface area contributed by atoms with Gasteiger partial charge < -0.3 is 10.2 Å². The number of hydrogen-bond acceptors (Lipinski definition) is 2. The van der Waals surface area contributed by atoms with Crippen LogP contribution in [0.1, 0.15) is 18.9 Å². The van der Waals surface area contributed by atoms with Crippen molar-refractivity contribution in [2.75, 3.05) is 23.8 Å². The highest BCUT2D eigenvalue weighted by atomic mass is 16.2. The van der Waals surface area contributed by atoms with Gasteiger partial charge in [0.2, 0.25) is 5.91 Å². The molecule has 3 nitrogen and oxygen atoms in total. The summed E-state index contributed by atoms with van der Waals surface area (Å²) in [5.41, 5.74) is 3.45. The second-order valence-corrected chi connectivity index (χ2v) is 3.87. The third-order valence-corrected chi connectivity index (χ3v) is 2.87. The Hall–Kier alpha value is -1.51. The van der Waals surface area contributed by atoms with E-state index in [2.05, 4.69) is 11.4 Å². The van der Waals surface area contributed by atoms with Gasteiger partial charge in [-0.1, -0.05) is 0 Å². The summed E-state index contributed by atoms with van der Waals surface area (Å²) in [5, 5.41) is 3.12. The summed E-state index contributed by atoms with van der Waals surface area (Å²) in [6, 6.07) is 6.17. The molecule has 0 spiro atoms. The number of aryl methyl sites for hydroxylation is 1. The Labute approximate surface area is 90.1 Å². The van der Waals surface area contributed by atoms with E-state index >= 15 is 0 Å². The first-order valence-corrected chi connectivity index (χ1v) is 5.31. The average molecular weight is 204 g/mol. The third kappa shape index (κ3) is 1.82. The lowest BCUT2D eigenvalue weighted by Gasteiger charge is -2.28. The number of rotatable bonds is 1. The van der Waals surface area contributed by atoms with Gasteiger partial charge in [-0.25, -0.2) is 0 Å². The Balaban J connectivity index is 2.40. The molecule has 15 heavy (non-hydrogen) atoms. The van der Waals surface area contributed by atoms with Crippen molar-refractivity contribution < 1.29 is 4.79 Å². The van der Waals surface area contributed by atoms with E-state index in [1.54, 1.807) is 6.92 Å². The molecule has 80 valence electrons. The number of nitrogens with one attached hydrogen (secondary N) is 1. The zero-order chi connectivity index (χ0) is 10.8. The van der Waals surface area contributed by atoms with Gasteiger partial charge in [0.1, 0.15) is 0 Å². The van der Waals surface area contributed by atoms with E-state index < -0.39 is 0 Å². The molecule has 0 saturated heterocycles. The van der Waals surface area contributed by atoms with Crippen molar-refractivity contribution in [1.82, 2.24) is 0 Å². The maximum atomic E-state index is 11.4. The molecule has 0 atom stereocenters. The highest BCUT2D eigenvalue weighted by Crippen LogP contribution is 2.29. The predicted octanol–water partition coefficient (Wildman–Crippen LogP) is 2.03. The quantitative estimate of drug-likeness (QED) is 0.759. The van der Waals surface area contributed by atoms with Crippen LogP contribution < -0.4 is 10.2 Å². The first kappa shape index (κ1) is 10.0. The molecule has 0 aliphatic carbocycles. The van der Waals surface area contributed by atoms with Gasteiger partial charge in [-0.05, 0) is 36.6 Å². The van der Waals surface area contributed by atoms with Crippen molar-refractivity contribution >= 4 is 17.3 Å².